The van der Waals surface area contributed by atoms with Crippen molar-refractivity contribution in [1.82, 2.24) is 20.2 Å². The van der Waals surface area contributed by atoms with E-state index in [1.165, 1.54) is 11.5 Å². The van der Waals surface area contributed by atoms with E-state index in [4.69, 9.17) is 5.73 Å². The molecule has 2 aromatic heterocycles. The van der Waals surface area contributed by atoms with Crippen LogP contribution >= 0.6 is 11.8 Å². The highest BCUT2D eigenvalue weighted by Gasteiger charge is 2.16. The van der Waals surface area contributed by atoms with Crippen LogP contribution in [0.4, 0.5) is 11.8 Å². The molecular weight excluding hydrogens is 236 g/mol. The number of hydrogen-bond donors (Lipinski definition) is 3. The molecule has 1 aliphatic heterocycles. The first-order valence-corrected chi connectivity index (χ1v) is 6.79. The van der Waals surface area contributed by atoms with Crippen LogP contribution < -0.4 is 11.1 Å². The van der Waals surface area contributed by atoms with Gasteiger partial charge in [0.25, 0.3) is 0 Å². The Morgan fingerprint density at radius 2 is 2.18 bits per heavy atom. The number of nitrogens with two attached hydrogens (primary N) is 1. The zero-order chi connectivity index (χ0) is 11.7. The lowest BCUT2D eigenvalue weighted by Gasteiger charge is -2.23. The molecule has 0 atom stereocenters. The number of H-pyrrole nitrogens is 1. The summed E-state index contributed by atoms with van der Waals surface area (Å²) in [6.45, 7) is 0. The minimum absolute atomic E-state index is 0.273. The van der Waals surface area contributed by atoms with Crippen LogP contribution in [0.5, 0.6) is 0 Å². The van der Waals surface area contributed by atoms with Gasteiger partial charge in [0, 0.05) is 6.04 Å². The SMILES string of the molecule is Nc1nc(NC2CCSCC2)c2cn[nH]c2n1. The highest BCUT2D eigenvalue weighted by atomic mass is 32.2. The third kappa shape index (κ3) is 2.14. The number of fused-ring (bicyclic) bond motifs is 1. The van der Waals surface area contributed by atoms with E-state index in [0.29, 0.717) is 11.7 Å². The van der Waals surface area contributed by atoms with Gasteiger partial charge < -0.3 is 11.1 Å². The number of thioether (sulfide) groups is 1. The van der Waals surface area contributed by atoms with Crippen LogP contribution in [0.1, 0.15) is 12.8 Å². The van der Waals surface area contributed by atoms with E-state index in [1.54, 1.807) is 6.20 Å². The van der Waals surface area contributed by atoms with Crippen molar-refractivity contribution in [2.45, 2.75) is 18.9 Å². The zero-order valence-electron chi connectivity index (χ0n) is 9.31. The third-order valence-electron chi connectivity index (χ3n) is 2.89. The molecule has 1 saturated heterocycles. The number of rotatable bonds is 2. The van der Waals surface area contributed by atoms with Crippen molar-refractivity contribution in [1.29, 1.82) is 0 Å². The van der Waals surface area contributed by atoms with Gasteiger partial charge in [0.1, 0.15) is 5.82 Å². The minimum atomic E-state index is 0.273. The van der Waals surface area contributed by atoms with Crippen molar-refractivity contribution < 1.29 is 0 Å². The fourth-order valence-electron chi connectivity index (χ4n) is 2.00. The van der Waals surface area contributed by atoms with Crippen LogP contribution in [-0.4, -0.2) is 37.7 Å². The quantitative estimate of drug-likeness (QED) is 0.742. The Bertz CT molecular complexity index is 518. The first kappa shape index (κ1) is 10.6. The van der Waals surface area contributed by atoms with Gasteiger partial charge in [-0.15, -0.1) is 0 Å². The lowest BCUT2D eigenvalue weighted by molar-refractivity contribution is 0.665. The molecule has 0 radical (unpaired) electrons. The first-order chi connectivity index (χ1) is 8.33. The second-order valence-electron chi connectivity index (χ2n) is 4.09. The van der Waals surface area contributed by atoms with Gasteiger partial charge in [-0.1, -0.05) is 0 Å². The lowest BCUT2D eigenvalue weighted by Crippen LogP contribution is -2.25. The van der Waals surface area contributed by atoms with Crippen LogP contribution in [0.15, 0.2) is 6.20 Å². The molecule has 0 amide bonds. The molecule has 0 bridgehead atoms. The fraction of sp³-hybridized carbons (Fsp3) is 0.500. The minimum Gasteiger partial charge on any atom is -0.368 e. The Balaban J connectivity index is 1.90. The maximum absolute atomic E-state index is 5.67. The molecular formula is C10H14N6S. The summed E-state index contributed by atoms with van der Waals surface area (Å²) in [5, 5.41) is 11.1. The first-order valence-electron chi connectivity index (χ1n) is 5.64. The molecule has 0 spiro atoms. The second-order valence-corrected chi connectivity index (χ2v) is 5.32. The van der Waals surface area contributed by atoms with E-state index >= 15 is 0 Å². The zero-order valence-corrected chi connectivity index (χ0v) is 10.1. The molecule has 3 heterocycles. The third-order valence-corrected chi connectivity index (χ3v) is 3.94. The van der Waals surface area contributed by atoms with Crippen LogP contribution in [0.3, 0.4) is 0 Å². The van der Waals surface area contributed by atoms with E-state index in [0.717, 1.165) is 24.0 Å². The number of hydrogen-bond acceptors (Lipinski definition) is 6. The number of anilines is 2. The van der Waals surface area contributed by atoms with Gasteiger partial charge in [-0.2, -0.15) is 26.8 Å². The largest absolute Gasteiger partial charge is 0.368 e. The van der Waals surface area contributed by atoms with E-state index in [1.807, 2.05) is 11.8 Å². The monoisotopic (exact) mass is 250 g/mol. The van der Waals surface area contributed by atoms with Gasteiger partial charge >= 0.3 is 0 Å². The number of nitrogens with zero attached hydrogens (tertiary/aromatic N) is 3. The molecule has 0 aliphatic carbocycles. The average Bonchev–Trinajstić information content (AvgIpc) is 2.78. The number of aromatic nitrogens is 4. The summed E-state index contributed by atoms with van der Waals surface area (Å²) in [7, 11) is 0. The molecule has 1 aliphatic rings. The van der Waals surface area contributed by atoms with Gasteiger partial charge in [-0.05, 0) is 24.3 Å². The Morgan fingerprint density at radius 1 is 1.35 bits per heavy atom. The summed E-state index contributed by atoms with van der Waals surface area (Å²) in [6, 6.07) is 0.476. The normalized spacial score (nSPS) is 17.4. The topological polar surface area (TPSA) is 92.5 Å². The Morgan fingerprint density at radius 3 is 3.00 bits per heavy atom. The molecule has 17 heavy (non-hydrogen) atoms. The molecule has 1 fully saturated rings. The van der Waals surface area contributed by atoms with Crippen LogP contribution in [0, 0.1) is 0 Å². The van der Waals surface area contributed by atoms with Crippen LogP contribution in [0.2, 0.25) is 0 Å². The van der Waals surface area contributed by atoms with Crippen LogP contribution in [0.25, 0.3) is 11.0 Å². The maximum atomic E-state index is 5.67. The Kier molecular flexibility index (Phi) is 2.76. The standard InChI is InChI=1S/C10H14N6S/c11-10-14-8(7-5-12-16-9(7)15-10)13-6-1-3-17-4-2-6/h5-6H,1-4H2,(H4,11,12,13,14,15,16). The van der Waals surface area contributed by atoms with Gasteiger partial charge in [-0.3, -0.25) is 5.10 Å². The summed E-state index contributed by atoms with van der Waals surface area (Å²) in [6.07, 6.45) is 4.05. The van der Waals surface area contributed by atoms with Crippen molar-refractivity contribution in [3.05, 3.63) is 6.20 Å². The maximum Gasteiger partial charge on any atom is 0.224 e. The molecule has 7 heteroatoms. The van der Waals surface area contributed by atoms with Crippen molar-refractivity contribution in [2.24, 2.45) is 0 Å². The predicted octanol–water partition coefficient (Wildman–Crippen LogP) is 1.24. The summed E-state index contributed by atoms with van der Waals surface area (Å²) < 4.78 is 0. The van der Waals surface area contributed by atoms with Gasteiger partial charge in [-0.25, -0.2) is 0 Å². The number of aromatic amines is 1. The fourth-order valence-corrected chi connectivity index (χ4v) is 3.10. The number of nitrogens with one attached hydrogen (secondary N) is 2. The van der Waals surface area contributed by atoms with Crippen molar-refractivity contribution >= 4 is 34.6 Å². The van der Waals surface area contributed by atoms with E-state index in [2.05, 4.69) is 25.5 Å². The highest BCUT2D eigenvalue weighted by Crippen LogP contribution is 2.24. The Labute approximate surface area is 103 Å². The Hall–Kier alpha value is -1.50. The van der Waals surface area contributed by atoms with Crippen LogP contribution in [-0.2, 0) is 0 Å². The van der Waals surface area contributed by atoms with Gasteiger partial charge in [0.05, 0.1) is 11.6 Å². The average molecular weight is 250 g/mol. The van der Waals surface area contributed by atoms with Gasteiger partial charge in [0.2, 0.25) is 5.95 Å². The van der Waals surface area contributed by atoms with E-state index < -0.39 is 0 Å². The summed E-state index contributed by atoms with van der Waals surface area (Å²) in [5.74, 6) is 3.46. The molecule has 0 unspecified atom stereocenters. The molecule has 0 aromatic carbocycles. The molecule has 4 N–H and O–H groups in total. The smallest absolute Gasteiger partial charge is 0.224 e. The molecule has 90 valence electrons. The molecule has 6 nitrogen and oxygen atoms in total. The molecule has 0 saturated carbocycles. The summed E-state index contributed by atoms with van der Waals surface area (Å²) in [5.41, 5.74) is 6.36. The number of nitrogen functional groups attached to an aromatic ring is 1. The van der Waals surface area contributed by atoms with Crippen molar-refractivity contribution in [3.8, 4) is 0 Å². The molecule has 3 rings (SSSR count). The molecule has 2 aromatic rings. The second kappa shape index (κ2) is 4.40. The summed E-state index contributed by atoms with van der Waals surface area (Å²) >= 11 is 2.00. The van der Waals surface area contributed by atoms with E-state index in [-0.39, 0.29) is 5.95 Å². The van der Waals surface area contributed by atoms with Gasteiger partial charge in [0.15, 0.2) is 5.65 Å². The van der Waals surface area contributed by atoms with E-state index in [9.17, 15) is 0 Å². The lowest BCUT2D eigenvalue weighted by atomic mass is 10.1. The van der Waals surface area contributed by atoms with Crippen molar-refractivity contribution in [2.75, 3.05) is 22.6 Å². The summed E-state index contributed by atoms with van der Waals surface area (Å²) in [4.78, 5) is 8.35. The predicted molar refractivity (Wildman–Crippen MR) is 70.1 cm³/mol. The van der Waals surface area contributed by atoms with Crippen molar-refractivity contribution in [3.63, 3.8) is 0 Å². The highest BCUT2D eigenvalue weighted by molar-refractivity contribution is 7.99.